The van der Waals surface area contributed by atoms with Gasteiger partial charge in [-0.25, -0.2) is 0 Å². The van der Waals surface area contributed by atoms with E-state index in [1.807, 2.05) is 41.0 Å². The number of hydrogen-bond acceptors (Lipinski definition) is 4. The molecular formula is C21H18ClN5O3. The minimum absolute atomic E-state index is 0.115. The number of ether oxygens (including phenoxy) is 1. The molecule has 30 heavy (non-hydrogen) atoms. The molecule has 0 saturated carbocycles. The maximum Gasteiger partial charge on any atom is 0.266 e. The second-order valence-corrected chi connectivity index (χ2v) is 6.92. The van der Waals surface area contributed by atoms with Crippen molar-refractivity contribution < 1.29 is 14.3 Å². The summed E-state index contributed by atoms with van der Waals surface area (Å²) in [6, 6.07) is 16.2. The van der Waals surface area contributed by atoms with Crippen molar-refractivity contribution in [2.45, 2.75) is 6.54 Å². The molecule has 2 aromatic carbocycles. The summed E-state index contributed by atoms with van der Waals surface area (Å²) in [4.78, 5) is 24.0. The van der Waals surface area contributed by atoms with Gasteiger partial charge in [-0.15, -0.1) is 0 Å². The number of hydrogen-bond donors (Lipinski definition) is 3. The molecule has 9 heteroatoms. The van der Waals surface area contributed by atoms with E-state index >= 15 is 0 Å². The van der Waals surface area contributed by atoms with Gasteiger partial charge in [-0.3, -0.25) is 14.7 Å². The van der Waals surface area contributed by atoms with Crippen LogP contribution < -0.4 is 15.8 Å². The number of aromatic nitrogens is 3. The van der Waals surface area contributed by atoms with Gasteiger partial charge >= 0.3 is 0 Å². The smallest absolute Gasteiger partial charge is 0.266 e. The first-order valence-electron chi connectivity index (χ1n) is 9.14. The Kier molecular flexibility index (Phi) is 5.40. The Morgan fingerprint density at radius 1 is 1.17 bits per heavy atom. The summed E-state index contributed by atoms with van der Waals surface area (Å²) in [6.45, 7) is 0.901. The molecule has 2 amide bonds. The number of carbonyl (C=O) groups excluding carboxylic acids is 2. The molecule has 2 heterocycles. The van der Waals surface area contributed by atoms with Crippen LogP contribution in [0, 0.1) is 0 Å². The number of rotatable bonds is 7. The zero-order valence-electron chi connectivity index (χ0n) is 15.8. The number of amides is 2. The lowest BCUT2D eigenvalue weighted by molar-refractivity contribution is 0.0993. The van der Waals surface area contributed by atoms with Crippen molar-refractivity contribution in [2.24, 2.45) is 5.73 Å². The van der Waals surface area contributed by atoms with E-state index in [1.165, 1.54) is 6.07 Å². The Bertz CT molecular complexity index is 1230. The molecule has 4 aromatic rings. The molecule has 0 radical (unpaired) electrons. The van der Waals surface area contributed by atoms with Crippen molar-refractivity contribution in [1.82, 2.24) is 14.8 Å². The fraction of sp³-hybridized carbons (Fsp3) is 0.0952. The van der Waals surface area contributed by atoms with E-state index < -0.39 is 5.91 Å². The maximum atomic E-state index is 12.8. The highest BCUT2D eigenvalue weighted by Gasteiger charge is 2.17. The Morgan fingerprint density at radius 3 is 2.70 bits per heavy atom. The molecule has 8 nitrogen and oxygen atoms in total. The second kappa shape index (κ2) is 8.30. The zero-order chi connectivity index (χ0) is 21.1. The first-order chi connectivity index (χ1) is 14.5. The van der Waals surface area contributed by atoms with Gasteiger partial charge in [0.2, 0.25) is 0 Å². The Labute approximate surface area is 176 Å². The second-order valence-electron chi connectivity index (χ2n) is 6.52. The molecule has 0 unspecified atom stereocenters. The van der Waals surface area contributed by atoms with E-state index in [2.05, 4.69) is 15.5 Å². The summed E-state index contributed by atoms with van der Waals surface area (Å²) in [5.41, 5.74) is 6.69. The van der Waals surface area contributed by atoms with Crippen LogP contribution in [0.25, 0.3) is 10.9 Å². The van der Waals surface area contributed by atoms with E-state index in [1.54, 1.807) is 18.3 Å². The number of anilines is 1. The van der Waals surface area contributed by atoms with Crippen LogP contribution in [-0.4, -0.2) is 33.2 Å². The minimum atomic E-state index is -0.655. The minimum Gasteiger partial charge on any atom is -0.490 e. The normalized spacial score (nSPS) is 10.8. The van der Waals surface area contributed by atoms with Crippen molar-refractivity contribution in [3.63, 3.8) is 0 Å². The summed E-state index contributed by atoms with van der Waals surface area (Å²) < 4.78 is 7.71. The van der Waals surface area contributed by atoms with E-state index in [-0.39, 0.29) is 17.4 Å². The number of nitrogens with zero attached hydrogens (tertiary/aromatic N) is 2. The summed E-state index contributed by atoms with van der Waals surface area (Å²) in [5.74, 6) is -0.178. The van der Waals surface area contributed by atoms with Gasteiger partial charge in [0.25, 0.3) is 11.8 Å². The van der Waals surface area contributed by atoms with Crippen LogP contribution >= 0.6 is 11.6 Å². The van der Waals surface area contributed by atoms with E-state index in [9.17, 15) is 9.59 Å². The molecule has 0 fully saturated rings. The SMILES string of the molecule is NC(=O)c1cc(NC(=O)c2cn(CCOc3ccccc3Cl)c3ccccc23)n[nH]1. The molecule has 0 aliphatic rings. The topological polar surface area (TPSA) is 115 Å². The quantitative estimate of drug-likeness (QED) is 0.422. The highest BCUT2D eigenvalue weighted by molar-refractivity contribution is 6.32. The monoisotopic (exact) mass is 423 g/mol. The van der Waals surface area contributed by atoms with Crippen molar-refractivity contribution in [2.75, 3.05) is 11.9 Å². The highest BCUT2D eigenvalue weighted by atomic mass is 35.5. The lowest BCUT2D eigenvalue weighted by Gasteiger charge is -2.09. The van der Waals surface area contributed by atoms with Gasteiger partial charge < -0.3 is 20.4 Å². The van der Waals surface area contributed by atoms with Crippen LogP contribution in [0.3, 0.4) is 0 Å². The van der Waals surface area contributed by atoms with Crippen LogP contribution in [0.2, 0.25) is 5.02 Å². The number of nitrogens with two attached hydrogens (primary N) is 1. The predicted molar refractivity (Wildman–Crippen MR) is 114 cm³/mol. The van der Waals surface area contributed by atoms with Gasteiger partial charge in [-0.05, 0) is 18.2 Å². The van der Waals surface area contributed by atoms with E-state index in [0.717, 1.165) is 10.9 Å². The molecular weight excluding hydrogens is 406 g/mol. The lowest BCUT2D eigenvalue weighted by Crippen LogP contribution is -2.12. The summed E-state index contributed by atoms with van der Waals surface area (Å²) in [5, 5.41) is 10.4. The fourth-order valence-corrected chi connectivity index (χ4v) is 3.31. The summed E-state index contributed by atoms with van der Waals surface area (Å²) in [7, 11) is 0. The van der Waals surface area contributed by atoms with Gasteiger partial charge in [0.15, 0.2) is 5.82 Å². The largest absolute Gasteiger partial charge is 0.490 e. The third-order valence-electron chi connectivity index (χ3n) is 4.54. The number of nitrogens with one attached hydrogen (secondary N) is 2. The van der Waals surface area contributed by atoms with Crippen molar-refractivity contribution in [3.8, 4) is 5.75 Å². The average molecular weight is 424 g/mol. The molecule has 0 saturated heterocycles. The first-order valence-corrected chi connectivity index (χ1v) is 9.52. The van der Waals surface area contributed by atoms with E-state index in [4.69, 9.17) is 22.1 Å². The van der Waals surface area contributed by atoms with Crippen LogP contribution in [0.1, 0.15) is 20.8 Å². The Hall–Kier alpha value is -3.78. The summed E-state index contributed by atoms with van der Waals surface area (Å²) >= 11 is 6.12. The molecule has 152 valence electrons. The molecule has 0 aliphatic carbocycles. The number of para-hydroxylation sites is 2. The summed E-state index contributed by atoms with van der Waals surface area (Å²) in [6.07, 6.45) is 1.76. The average Bonchev–Trinajstić information content (AvgIpc) is 3.35. The van der Waals surface area contributed by atoms with Gasteiger partial charge in [0.1, 0.15) is 18.1 Å². The zero-order valence-corrected chi connectivity index (χ0v) is 16.5. The molecule has 2 aromatic heterocycles. The Balaban J connectivity index is 1.53. The standard InChI is InChI=1S/C21H18ClN5O3/c22-15-6-2-4-8-18(15)30-10-9-27-12-14(13-5-1-3-7-17(13)27)21(29)24-19-11-16(20(23)28)25-26-19/h1-8,11-12H,9-10H2,(H2,23,28)(H2,24,25,26,29). The number of carbonyl (C=O) groups is 2. The highest BCUT2D eigenvalue weighted by Crippen LogP contribution is 2.25. The van der Waals surface area contributed by atoms with Crippen LogP contribution in [0.5, 0.6) is 5.75 Å². The number of benzene rings is 2. The van der Waals surface area contributed by atoms with Gasteiger partial charge in [0, 0.05) is 23.2 Å². The predicted octanol–water partition coefficient (Wildman–Crippen LogP) is 3.45. The van der Waals surface area contributed by atoms with E-state index in [0.29, 0.717) is 29.5 Å². The fourth-order valence-electron chi connectivity index (χ4n) is 3.12. The maximum absolute atomic E-state index is 12.8. The van der Waals surface area contributed by atoms with Crippen LogP contribution in [-0.2, 0) is 6.54 Å². The number of halogens is 1. The van der Waals surface area contributed by atoms with Crippen LogP contribution in [0.15, 0.2) is 60.8 Å². The molecule has 0 atom stereocenters. The third-order valence-corrected chi connectivity index (χ3v) is 4.86. The van der Waals surface area contributed by atoms with Crippen molar-refractivity contribution >= 4 is 40.1 Å². The van der Waals surface area contributed by atoms with Crippen molar-refractivity contribution in [1.29, 1.82) is 0 Å². The molecule has 0 aliphatic heterocycles. The molecule has 0 spiro atoms. The molecule has 0 bridgehead atoms. The lowest BCUT2D eigenvalue weighted by atomic mass is 10.1. The number of fused-ring (bicyclic) bond motifs is 1. The number of primary amides is 1. The molecule has 4 N–H and O–H groups in total. The van der Waals surface area contributed by atoms with Crippen LogP contribution in [0.4, 0.5) is 5.82 Å². The number of aromatic amines is 1. The molecule has 4 rings (SSSR count). The van der Waals surface area contributed by atoms with Gasteiger partial charge in [0.05, 0.1) is 17.1 Å². The van der Waals surface area contributed by atoms with Gasteiger partial charge in [-0.1, -0.05) is 41.9 Å². The Morgan fingerprint density at radius 2 is 1.93 bits per heavy atom. The third kappa shape index (κ3) is 3.99. The van der Waals surface area contributed by atoms with Crippen molar-refractivity contribution in [3.05, 3.63) is 77.1 Å². The number of H-pyrrole nitrogens is 1. The van der Waals surface area contributed by atoms with Gasteiger partial charge in [-0.2, -0.15) is 5.10 Å². The first kappa shape index (κ1) is 19.5.